The van der Waals surface area contributed by atoms with E-state index in [0.717, 1.165) is 18.4 Å². The van der Waals surface area contributed by atoms with Crippen LogP contribution >= 0.6 is 0 Å². The number of nitrogens with one attached hydrogen (secondary N) is 1. The van der Waals surface area contributed by atoms with Crippen molar-refractivity contribution in [1.82, 2.24) is 9.97 Å². The molecule has 1 aliphatic rings. The maximum atomic E-state index is 13.6. The first kappa shape index (κ1) is 19.8. The Morgan fingerprint density at radius 2 is 2.03 bits per heavy atom. The molecular formula is C22H22FN5O2. The van der Waals surface area contributed by atoms with Gasteiger partial charge in [-0.25, -0.2) is 24.1 Å². The molecule has 4 rings (SSSR count). The van der Waals surface area contributed by atoms with Crippen LogP contribution < -0.4 is 11.1 Å². The lowest BCUT2D eigenvalue weighted by molar-refractivity contribution is 0.0698. The van der Waals surface area contributed by atoms with Gasteiger partial charge in [0.25, 0.3) is 0 Å². The summed E-state index contributed by atoms with van der Waals surface area (Å²) in [6, 6.07) is 9.16. The van der Waals surface area contributed by atoms with Crippen molar-refractivity contribution in [2.45, 2.75) is 32.7 Å². The fourth-order valence-electron chi connectivity index (χ4n) is 3.32. The number of benzene rings is 2. The van der Waals surface area contributed by atoms with Crippen LogP contribution in [0.5, 0.6) is 0 Å². The van der Waals surface area contributed by atoms with Gasteiger partial charge in [-0.05, 0) is 56.5 Å². The molecule has 0 saturated heterocycles. The summed E-state index contributed by atoms with van der Waals surface area (Å²) in [6.45, 7) is 3.68. The average Bonchev–Trinajstić information content (AvgIpc) is 3.52. The Balaban J connectivity index is 1.68. The van der Waals surface area contributed by atoms with Gasteiger partial charge in [-0.3, -0.25) is 0 Å². The molecule has 3 aromatic rings. The number of carboxylic acids is 1. The van der Waals surface area contributed by atoms with Crippen LogP contribution in [0.2, 0.25) is 0 Å². The molecule has 1 fully saturated rings. The number of hydrogen-bond donors (Lipinski definition) is 3. The summed E-state index contributed by atoms with van der Waals surface area (Å²) < 4.78 is 13.6. The Morgan fingerprint density at radius 1 is 1.27 bits per heavy atom. The Hall–Kier alpha value is -3.55. The van der Waals surface area contributed by atoms with Crippen molar-refractivity contribution in [2.75, 3.05) is 5.32 Å². The van der Waals surface area contributed by atoms with Crippen LogP contribution in [0.3, 0.4) is 0 Å². The minimum atomic E-state index is -1.05. The third-order valence-corrected chi connectivity index (χ3v) is 5.12. The van der Waals surface area contributed by atoms with Gasteiger partial charge in [0.15, 0.2) is 0 Å². The SMILES string of the molecule is Cc1nc(N[C@@H](C)c2ccc(C(=O)O)c(N=C(N)C3CC3)c2)c2ccc(F)cc2n1. The normalized spacial score (nSPS) is 15.2. The van der Waals surface area contributed by atoms with Crippen molar-refractivity contribution >= 4 is 34.2 Å². The van der Waals surface area contributed by atoms with Gasteiger partial charge < -0.3 is 16.2 Å². The van der Waals surface area contributed by atoms with Crippen molar-refractivity contribution < 1.29 is 14.3 Å². The number of nitrogens with zero attached hydrogens (tertiary/aromatic N) is 3. The van der Waals surface area contributed by atoms with E-state index in [1.54, 1.807) is 25.1 Å². The second-order valence-corrected chi connectivity index (χ2v) is 7.54. The second-order valence-electron chi connectivity index (χ2n) is 7.54. The maximum Gasteiger partial charge on any atom is 0.337 e. The Morgan fingerprint density at radius 3 is 2.73 bits per heavy atom. The summed E-state index contributed by atoms with van der Waals surface area (Å²) in [5.41, 5.74) is 7.80. The number of carboxylic acid groups (broad SMARTS) is 1. The first-order valence-electron chi connectivity index (χ1n) is 9.73. The van der Waals surface area contributed by atoms with Crippen LogP contribution in [0.15, 0.2) is 41.4 Å². The molecule has 2 aromatic carbocycles. The van der Waals surface area contributed by atoms with Gasteiger partial charge in [-0.2, -0.15) is 0 Å². The highest BCUT2D eigenvalue weighted by Crippen LogP contribution is 2.33. The number of nitrogens with two attached hydrogens (primary N) is 1. The Bertz CT molecular complexity index is 1170. The number of fused-ring (bicyclic) bond motifs is 1. The second kappa shape index (κ2) is 7.70. The number of hydrogen-bond acceptors (Lipinski definition) is 5. The fraction of sp³-hybridized carbons (Fsp3) is 0.273. The molecule has 0 aliphatic heterocycles. The number of aromatic nitrogens is 2. The number of carbonyl (C=O) groups is 1. The van der Waals surface area contributed by atoms with Crippen molar-refractivity contribution in [3.05, 3.63) is 59.2 Å². The number of aryl methyl sites for hydroxylation is 1. The zero-order valence-electron chi connectivity index (χ0n) is 16.7. The number of amidine groups is 1. The molecule has 0 radical (unpaired) electrons. The van der Waals surface area contributed by atoms with Crippen molar-refractivity contribution in [3.63, 3.8) is 0 Å². The van der Waals surface area contributed by atoms with Gasteiger partial charge in [-0.15, -0.1) is 0 Å². The summed E-state index contributed by atoms with van der Waals surface area (Å²) in [4.78, 5) is 24.7. The van der Waals surface area contributed by atoms with E-state index in [1.165, 1.54) is 18.2 Å². The zero-order chi connectivity index (χ0) is 21.4. The maximum absolute atomic E-state index is 13.6. The minimum absolute atomic E-state index is 0.105. The van der Waals surface area contributed by atoms with E-state index in [9.17, 15) is 14.3 Å². The molecule has 1 heterocycles. The quantitative estimate of drug-likeness (QED) is 0.414. The molecule has 1 saturated carbocycles. The Labute approximate surface area is 172 Å². The molecule has 154 valence electrons. The van der Waals surface area contributed by atoms with E-state index in [4.69, 9.17) is 5.73 Å². The lowest BCUT2D eigenvalue weighted by atomic mass is 10.0. The topological polar surface area (TPSA) is 113 Å². The van der Waals surface area contributed by atoms with Crippen molar-refractivity contribution in [2.24, 2.45) is 16.6 Å². The number of halogens is 1. The predicted molar refractivity (Wildman–Crippen MR) is 114 cm³/mol. The largest absolute Gasteiger partial charge is 0.478 e. The van der Waals surface area contributed by atoms with E-state index >= 15 is 0 Å². The number of rotatable bonds is 6. The first-order valence-corrected chi connectivity index (χ1v) is 9.73. The van der Waals surface area contributed by atoms with E-state index in [2.05, 4.69) is 20.3 Å². The zero-order valence-corrected chi connectivity index (χ0v) is 16.7. The summed E-state index contributed by atoms with van der Waals surface area (Å²) in [6.07, 6.45) is 1.96. The minimum Gasteiger partial charge on any atom is -0.478 e. The molecule has 8 heteroatoms. The van der Waals surface area contributed by atoms with E-state index in [0.29, 0.717) is 34.1 Å². The van der Waals surface area contributed by atoms with Crippen LogP contribution in [-0.2, 0) is 0 Å². The van der Waals surface area contributed by atoms with Gasteiger partial charge in [0, 0.05) is 17.4 Å². The Kier molecular flexibility index (Phi) is 5.07. The third kappa shape index (κ3) is 4.07. The highest BCUT2D eigenvalue weighted by Gasteiger charge is 2.26. The molecule has 0 spiro atoms. The average molecular weight is 407 g/mol. The van der Waals surface area contributed by atoms with Gasteiger partial charge in [0.2, 0.25) is 0 Å². The van der Waals surface area contributed by atoms with Gasteiger partial charge in [-0.1, -0.05) is 6.07 Å². The molecule has 1 aromatic heterocycles. The van der Waals surface area contributed by atoms with Crippen LogP contribution in [0.25, 0.3) is 10.9 Å². The van der Waals surface area contributed by atoms with E-state index in [-0.39, 0.29) is 23.3 Å². The standard InChI is InChI=1S/C22H22FN5O2/c1-11(25-21-16-8-6-15(23)10-19(16)26-12(2)27-21)14-5-7-17(22(29)30)18(9-14)28-20(24)13-3-4-13/h5-11,13H,3-4H2,1-2H3,(H2,24,28)(H,29,30)(H,25,26,27)/t11-/m0/s1. The number of anilines is 1. The summed E-state index contributed by atoms with van der Waals surface area (Å²) >= 11 is 0. The van der Waals surface area contributed by atoms with Crippen LogP contribution in [0.4, 0.5) is 15.9 Å². The van der Waals surface area contributed by atoms with Crippen LogP contribution in [-0.4, -0.2) is 26.9 Å². The molecule has 1 atom stereocenters. The summed E-state index contributed by atoms with van der Waals surface area (Å²) in [7, 11) is 0. The van der Waals surface area contributed by atoms with E-state index < -0.39 is 5.97 Å². The molecule has 7 nitrogen and oxygen atoms in total. The highest BCUT2D eigenvalue weighted by atomic mass is 19.1. The van der Waals surface area contributed by atoms with E-state index in [1.807, 2.05) is 6.92 Å². The molecule has 0 unspecified atom stereocenters. The molecule has 1 aliphatic carbocycles. The van der Waals surface area contributed by atoms with Crippen LogP contribution in [0, 0.1) is 18.7 Å². The monoisotopic (exact) mass is 407 g/mol. The lowest BCUT2D eigenvalue weighted by Crippen LogP contribution is -2.14. The van der Waals surface area contributed by atoms with Gasteiger partial charge >= 0.3 is 5.97 Å². The predicted octanol–water partition coefficient (Wildman–Crippen LogP) is 4.35. The molecule has 0 bridgehead atoms. The van der Waals surface area contributed by atoms with Gasteiger partial charge in [0.1, 0.15) is 23.3 Å². The number of aliphatic imine (C=N–C) groups is 1. The summed E-state index contributed by atoms with van der Waals surface area (Å²) in [5, 5.41) is 13.5. The van der Waals surface area contributed by atoms with Crippen molar-refractivity contribution in [1.29, 1.82) is 0 Å². The molecule has 4 N–H and O–H groups in total. The smallest absolute Gasteiger partial charge is 0.337 e. The number of aromatic carboxylic acids is 1. The van der Waals surface area contributed by atoms with Gasteiger partial charge in [0.05, 0.1) is 22.8 Å². The molecule has 30 heavy (non-hydrogen) atoms. The lowest BCUT2D eigenvalue weighted by Gasteiger charge is -2.18. The molecular weight excluding hydrogens is 385 g/mol. The molecule has 0 amide bonds. The summed E-state index contributed by atoms with van der Waals surface area (Å²) in [5.74, 6) is 0.390. The van der Waals surface area contributed by atoms with Crippen molar-refractivity contribution in [3.8, 4) is 0 Å². The third-order valence-electron chi connectivity index (χ3n) is 5.12. The first-order chi connectivity index (χ1) is 14.3. The fourth-order valence-corrected chi connectivity index (χ4v) is 3.32. The van der Waals surface area contributed by atoms with Crippen LogP contribution in [0.1, 0.15) is 47.6 Å². The highest BCUT2D eigenvalue weighted by molar-refractivity contribution is 5.96.